The molecule has 0 saturated carbocycles. The molecule has 0 saturated heterocycles. The highest BCUT2D eigenvalue weighted by Gasteiger charge is 2.12. The van der Waals surface area contributed by atoms with Gasteiger partial charge in [0.25, 0.3) is 0 Å². The molecule has 0 fully saturated rings. The molecule has 2 N–H and O–H groups in total. The zero-order chi connectivity index (χ0) is 10.9. The van der Waals surface area contributed by atoms with Crippen LogP contribution in [0.25, 0.3) is 0 Å². The van der Waals surface area contributed by atoms with Gasteiger partial charge in [0, 0.05) is 11.6 Å². The van der Waals surface area contributed by atoms with Crippen molar-refractivity contribution in [2.75, 3.05) is 0 Å². The molecule has 4 heteroatoms. The van der Waals surface area contributed by atoms with E-state index < -0.39 is 0 Å². The highest BCUT2D eigenvalue weighted by molar-refractivity contribution is 8.11. The average molecular weight is 228 g/mol. The van der Waals surface area contributed by atoms with E-state index in [0.717, 1.165) is 5.56 Å². The maximum absolute atomic E-state index is 9.54. The number of rotatable bonds is 2. The molecule has 0 unspecified atom stereocenters. The third-order valence-electron chi connectivity index (χ3n) is 2.00. The van der Waals surface area contributed by atoms with Crippen LogP contribution in [0.1, 0.15) is 30.9 Å². The van der Waals surface area contributed by atoms with Gasteiger partial charge in [-0.25, -0.2) is 0 Å². The predicted octanol–water partition coefficient (Wildman–Crippen LogP) is 2.83. The number of thiocarbonyl (C=S) groups is 1. The van der Waals surface area contributed by atoms with E-state index in [-0.39, 0.29) is 17.4 Å². The van der Waals surface area contributed by atoms with Crippen molar-refractivity contribution in [3.05, 3.63) is 23.3 Å². The van der Waals surface area contributed by atoms with Gasteiger partial charge in [-0.3, -0.25) is 0 Å². The van der Waals surface area contributed by atoms with Crippen LogP contribution in [0.2, 0.25) is 0 Å². The maximum atomic E-state index is 9.54. The predicted molar refractivity (Wildman–Crippen MR) is 64.5 cm³/mol. The summed E-state index contributed by atoms with van der Waals surface area (Å²) in [6, 6.07) is 2.97. The minimum absolute atomic E-state index is 0.0353. The Morgan fingerprint density at radius 2 is 1.86 bits per heavy atom. The molecule has 76 valence electrons. The van der Waals surface area contributed by atoms with E-state index in [0.29, 0.717) is 9.76 Å². The van der Waals surface area contributed by atoms with Crippen LogP contribution in [-0.4, -0.2) is 14.4 Å². The molecule has 0 aliphatic rings. The van der Waals surface area contributed by atoms with Gasteiger partial charge in [0.1, 0.15) is 11.5 Å². The second-order valence-corrected chi connectivity index (χ2v) is 4.55. The summed E-state index contributed by atoms with van der Waals surface area (Å²) in [4.78, 5) is 0. The summed E-state index contributed by atoms with van der Waals surface area (Å²) in [7, 11) is 0. The molecule has 0 atom stereocenters. The molecule has 0 heterocycles. The fraction of sp³-hybridized carbons (Fsp3) is 0.300. The van der Waals surface area contributed by atoms with Crippen LogP contribution >= 0.6 is 24.8 Å². The van der Waals surface area contributed by atoms with Gasteiger partial charge in [0.05, 0.1) is 4.20 Å². The molecule has 2 nitrogen and oxygen atoms in total. The number of phenolic OH excluding ortho intramolecular Hbond substituents is 2. The van der Waals surface area contributed by atoms with Crippen LogP contribution in [0.15, 0.2) is 12.1 Å². The third kappa shape index (κ3) is 2.19. The van der Waals surface area contributed by atoms with Gasteiger partial charge in [-0.1, -0.05) is 26.1 Å². The normalized spacial score (nSPS) is 10.6. The van der Waals surface area contributed by atoms with Crippen LogP contribution in [0.4, 0.5) is 0 Å². The summed E-state index contributed by atoms with van der Waals surface area (Å²) in [5.41, 5.74) is 1.25. The van der Waals surface area contributed by atoms with Gasteiger partial charge in [0.15, 0.2) is 0 Å². The minimum atomic E-state index is -0.0353. The molecule has 1 aromatic rings. The molecular weight excluding hydrogens is 216 g/mol. The van der Waals surface area contributed by atoms with Crippen molar-refractivity contribution < 1.29 is 10.2 Å². The lowest BCUT2D eigenvalue weighted by atomic mass is 9.99. The Hall–Kier alpha value is -0.740. The van der Waals surface area contributed by atoms with Crippen molar-refractivity contribution in [2.24, 2.45) is 0 Å². The van der Waals surface area contributed by atoms with Crippen LogP contribution < -0.4 is 0 Å². The van der Waals surface area contributed by atoms with Crippen LogP contribution in [0.3, 0.4) is 0 Å². The van der Waals surface area contributed by atoms with Crippen molar-refractivity contribution in [1.82, 2.24) is 0 Å². The molecule has 0 amide bonds. The van der Waals surface area contributed by atoms with Crippen molar-refractivity contribution in [3.8, 4) is 11.5 Å². The number of phenols is 2. The van der Waals surface area contributed by atoms with Crippen LogP contribution in [0, 0.1) is 0 Å². The summed E-state index contributed by atoms with van der Waals surface area (Å²) in [5, 5.41) is 19.0. The van der Waals surface area contributed by atoms with E-state index in [1.807, 2.05) is 13.8 Å². The quantitative estimate of drug-likeness (QED) is 0.538. The first-order valence-electron chi connectivity index (χ1n) is 4.22. The summed E-state index contributed by atoms with van der Waals surface area (Å²) in [6.45, 7) is 3.91. The molecular formula is C10H12O2S2. The highest BCUT2D eigenvalue weighted by atomic mass is 32.1. The SMILES string of the molecule is CC(C)c1cc(C(=S)S)c(O)cc1O. The molecule has 0 aromatic heterocycles. The van der Waals surface area contributed by atoms with Gasteiger partial charge in [-0.15, -0.1) is 12.6 Å². The smallest absolute Gasteiger partial charge is 0.128 e. The van der Waals surface area contributed by atoms with Gasteiger partial charge in [-0.05, 0) is 17.5 Å². The Bertz CT molecular complexity index is 373. The van der Waals surface area contributed by atoms with Gasteiger partial charge >= 0.3 is 0 Å². The molecule has 0 aliphatic heterocycles. The number of hydrogen-bond acceptors (Lipinski definition) is 3. The average Bonchev–Trinajstić information content (AvgIpc) is 2.02. The Kier molecular flexibility index (Phi) is 3.39. The van der Waals surface area contributed by atoms with E-state index in [9.17, 15) is 10.2 Å². The molecule has 1 rings (SSSR count). The summed E-state index contributed by atoms with van der Waals surface area (Å²) in [6.07, 6.45) is 0. The topological polar surface area (TPSA) is 40.5 Å². The lowest BCUT2D eigenvalue weighted by Gasteiger charge is -2.11. The standard InChI is InChI=1S/C10H12O2S2/c1-5(2)6-3-7(10(13)14)9(12)4-8(6)11/h3-5,11-12H,1-2H3,(H,13,14). The van der Waals surface area contributed by atoms with E-state index >= 15 is 0 Å². The maximum Gasteiger partial charge on any atom is 0.128 e. The van der Waals surface area contributed by atoms with Gasteiger partial charge in [-0.2, -0.15) is 0 Å². The minimum Gasteiger partial charge on any atom is -0.508 e. The highest BCUT2D eigenvalue weighted by Crippen LogP contribution is 2.32. The first kappa shape index (κ1) is 11.3. The first-order chi connectivity index (χ1) is 6.43. The van der Waals surface area contributed by atoms with Crippen LogP contribution in [0.5, 0.6) is 11.5 Å². The fourth-order valence-corrected chi connectivity index (χ4v) is 1.57. The summed E-state index contributed by atoms with van der Waals surface area (Å²) >= 11 is 8.86. The van der Waals surface area contributed by atoms with Crippen molar-refractivity contribution >= 4 is 29.0 Å². The second kappa shape index (κ2) is 4.19. The Balaban J connectivity index is 3.34. The van der Waals surface area contributed by atoms with E-state index in [1.165, 1.54) is 6.07 Å². The number of thiol groups is 1. The lowest BCUT2D eigenvalue weighted by molar-refractivity contribution is 0.443. The molecule has 1 aromatic carbocycles. The second-order valence-electron chi connectivity index (χ2n) is 3.39. The first-order valence-corrected chi connectivity index (χ1v) is 5.08. The van der Waals surface area contributed by atoms with E-state index in [1.54, 1.807) is 6.07 Å². The van der Waals surface area contributed by atoms with Gasteiger partial charge < -0.3 is 10.2 Å². The van der Waals surface area contributed by atoms with Crippen LogP contribution in [-0.2, 0) is 0 Å². The zero-order valence-corrected chi connectivity index (χ0v) is 9.69. The Morgan fingerprint density at radius 3 is 2.29 bits per heavy atom. The van der Waals surface area contributed by atoms with E-state index in [4.69, 9.17) is 12.2 Å². The van der Waals surface area contributed by atoms with E-state index in [2.05, 4.69) is 12.6 Å². The van der Waals surface area contributed by atoms with Gasteiger partial charge in [0.2, 0.25) is 0 Å². The monoisotopic (exact) mass is 228 g/mol. The summed E-state index contributed by atoms with van der Waals surface area (Å²) < 4.78 is 0.324. The van der Waals surface area contributed by atoms with Crippen molar-refractivity contribution in [1.29, 1.82) is 0 Å². The number of hydrogen-bond donors (Lipinski definition) is 3. The molecule has 14 heavy (non-hydrogen) atoms. The van der Waals surface area contributed by atoms with Crippen molar-refractivity contribution in [2.45, 2.75) is 19.8 Å². The fourth-order valence-electron chi connectivity index (χ4n) is 1.23. The Morgan fingerprint density at radius 1 is 1.29 bits per heavy atom. The van der Waals surface area contributed by atoms with Crippen molar-refractivity contribution in [3.63, 3.8) is 0 Å². The zero-order valence-electron chi connectivity index (χ0n) is 7.98. The molecule has 0 bridgehead atoms. The third-order valence-corrected chi connectivity index (χ3v) is 2.46. The Labute approximate surface area is 94.0 Å². The molecule has 0 spiro atoms. The number of aromatic hydroxyl groups is 2. The molecule has 0 radical (unpaired) electrons. The summed E-state index contributed by atoms with van der Waals surface area (Å²) in [5.74, 6) is 0.231. The number of benzene rings is 1. The molecule has 0 aliphatic carbocycles. The largest absolute Gasteiger partial charge is 0.508 e. The lowest BCUT2D eigenvalue weighted by Crippen LogP contribution is -1.94.